The van der Waals surface area contributed by atoms with Crippen LogP contribution in [0.3, 0.4) is 0 Å². The van der Waals surface area contributed by atoms with E-state index in [2.05, 4.69) is 26.0 Å². The minimum atomic E-state index is -4.27. The summed E-state index contributed by atoms with van der Waals surface area (Å²) in [6.45, 7) is 4.97. The van der Waals surface area contributed by atoms with Crippen molar-refractivity contribution in [1.29, 1.82) is 0 Å². The van der Waals surface area contributed by atoms with Crippen molar-refractivity contribution in [2.45, 2.75) is 245 Å². The summed E-state index contributed by atoms with van der Waals surface area (Å²) >= 11 is 0. The zero-order chi connectivity index (χ0) is 40.2. The van der Waals surface area contributed by atoms with Crippen molar-refractivity contribution in [2.75, 3.05) is 33.0 Å². The van der Waals surface area contributed by atoms with E-state index < -0.39 is 13.9 Å². The van der Waals surface area contributed by atoms with E-state index in [1.165, 1.54) is 186 Å². The Morgan fingerprint density at radius 1 is 0.527 bits per heavy atom. The molecule has 0 aliphatic heterocycles. The van der Waals surface area contributed by atoms with Crippen LogP contribution in [0, 0.1) is 0 Å². The molecule has 55 heavy (non-hydrogen) atoms. The predicted octanol–water partition coefficient (Wildman–Crippen LogP) is 14.3. The van der Waals surface area contributed by atoms with Gasteiger partial charge in [0.15, 0.2) is 0 Å². The molecular formula is C46H92NO7P. The largest absolute Gasteiger partial charge is 0.472 e. The van der Waals surface area contributed by atoms with Gasteiger partial charge in [0.1, 0.15) is 6.10 Å². The molecule has 2 atom stereocenters. The summed E-state index contributed by atoms with van der Waals surface area (Å²) in [5.74, 6) is -0.325. The lowest BCUT2D eigenvalue weighted by Gasteiger charge is -2.20. The lowest BCUT2D eigenvalue weighted by Crippen LogP contribution is -2.28. The third-order valence-corrected chi connectivity index (χ3v) is 11.4. The van der Waals surface area contributed by atoms with Crippen LogP contribution >= 0.6 is 7.82 Å². The molecule has 3 N–H and O–H groups in total. The molecule has 0 rings (SSSR count). The smallest absolute Gasteiger partial charge is 0.457 e. The average molecular weight is 802 g/mol. The van der Waals surface area contributed by atoms with Gasteiger partial charge in [-0.15, -0.1) is 0 Å². The van der Waals surface area contributed by atoms with E-state index in [0.717, 1.165) is 32.1 Å². The monoisotopic (exact) mass is 802 g/mol. The number of unbranched alkanes of at least 4 members (excludes halogenated alkanes) is 31. The molecular weight excluding hydrogens is 709 g/mol. The van der Waals surface area contributed by atoms with Crippen molar-refractivity contribution in [3.05, 3.63) is 12.2 Å². The molecule has 328 valence electrons. The van der Waals surface area contributed by atoms with Crippen molar-refractivity contribution >= 4 is 13.8 Å². The number of esters is 1. The highest BCUT2D eigenvalue weighted by atomic mass is 31.2. The van der Waals surface area contributed by atoms with Crippen LogP contribution in [0.1, 0.15) is 239 Å². The van der Waals surface area contributed by atoms with Gasteiger partial charge in [-0.05, 0) is 38.5 Å². The van der Waals surface area contributed by atoms with E-state index >= 15 is 0 Å². The van der Waals surface area contributed by atoms with E-state index in [1.807, 2.05) is 0 Å². The number of carbonyl (C=O) groups is 1. The molecule has 0 aromatic heterocycles. The molecule has 0 heterocycles. The maximum atomic E-state index is 12.6. The summed E-state index contributed by atoms with van der Waals surface area (Å²) in [5.41, 5.74) is 5.38. The third-order valence-electron chi connectivity index (χ3n) is 10.4. The second kappa shape index (κ2) is 44.3. The van der Waals surface area contributed by atoms with Crippen LogP contribution in [0.25, 0.3) is 0 Å². The van der Waals surface area contributed by atoms with Gasteiger partial charge >= 0.3 is 13.8 Å². The maximum Gasteiger partial charge on any atom is 0.472 e. The van der Waals surface area contributed by atoms with Crippen molar-refractivity contribution in [3.63, 3.8) is 0 Å². The first-order chi connectivity index (χ1) is 26.9. The van der Waals surface area contributed by atoms with Gasteiger partial charge in [-0.1, -0.05) is 206 Å². The quantitative estimate of drug-likeness (QED) is 0.0270. The molecule has 2 unspecified atom stereocenters. The van der Waals surface area contributed by atoms with Crippen LogP contribution in [-0.2, 0) is 27.9 Å². The standard InChI is InChI=1S/C46H92NO7P/c1-3-5-7-9-11-13-15-17-19-21-22-23-24-26-28-30-32-34-36-38-41-51-43-45(44-53-55(49,50)52-42-40-47)54-46(48)39-37-35-33-31-29-27-25-20-18-16-14-12-10-8-6-4-2/h17,19,45H,3-16,18,20-44,47H2,1-2H3,(H,49,50)/b19-17-. The number of hydrogen-bond donors (Lipinski definition) is 2. The molecule has 0 amide bonds. The van der Waals surface area contributed by atoms with Gasteiger partial charge in [-0.25, -0.2) is 4.57 Å². The topological polar surface area (TPSA) is 117 Å². The molecule has 8 nitrogen and oxygen atoms in total. The van der Waals surface area contributed by atoms with E-state index in [4.69, 9.17) is 24.3 Å². The van der Waals surface area contributed by atoms with Crippen LogP contribution in [-0.4, -0.2) is 49.9 Å². The van der Waals surface area contributed by atoms with E-state index in [9.17, 15) is 14.3 Å². The Hall–Kier alpha value is -0.760. The third kappa shape index (κ3) is 44.2. The second-order valence-corrected chi connectivity index (χ2v) is 17.4. The van der Waals surface area contributed by atoms with E-state index in [0.29, 0.717) is 13.0 Å². The normalized spacial score (nSPS) is 13.5. The Kier molecular flexibility index (Phi) is 43.7. The minimum absolute atomic E-state index is 0.0920. The van der Waals surface area contributed by atoms with E-state index in [1.54, 1.807) is 0 Å². The average Bonchev–Trinajstić information content (AvgIpc) is 3.17. The molecule has 0 spiro atoms. The van der Waals surface area contributed by atoms with Gasteiger partial charge in [0.25, 0.3) is 0 Å². The number of phosphoric ester groups is 1. The Morgan fingerprint density at radius 3 is 1.33 bits per heavy atom. The number of ether oxygens (including phenoxy) is 2. The molecule has 0 aromatic carbocycles. The SMILES string of the molecule is CCCCCCCC/C=C\CCCCCCCCCCCCOCC(COP(=O)(O)OCCN)OC(=O)CCCCCCCCCCCCCCCCCC. The molecule has 0 aromatic rings. The van der Waals surface area contributed by atoms with Crippen LogP contribution < -0.4 is 5.73 Å². The molecule has 9 heteroatoms. The lowest BCUT2D eigenvalue weighted by atomic mass is 10.0. The first kappa shape index (κ1) is 54.2. The predicted molar refractivity (Wildman–Crippen MR) is 234 cm³/mol. The fourth-order valence-electron chi connectivity index (χ4n) is 6.93. The maximum absolute atomic E-state index is 12.6. The van der Waals surface area contributed by atoms with Crippen LogP contribution in [0.15, 0.2) is 12.2 Å². The fourth-order valence-corrected chi connectivity index (χ4v) is 7.70. The molecule has 0 radical (unpaired) electrons. The van der Waals surface area contributed by atoms with Gasteiger partial charge in [-0.3, -0.25) is 13.8 Å². The van der Waals surface area contributed by atoms with Gasteiger partial charge in [0.2, 0.25) is 0 Å². The van der Waals surface area contributed by atoms with Gasteiger partial charge in [-0.2, -0.15) is 0 Å². The molecule has 0 saturated heterocycles. The summed E-state index contributed by atoms with van der Waals surface area (Å²) in [5, 5.41) is 0. The molecule has 0 fully saturated rings. The first-order valence-electron chi connectivity index (χ1n) is 23.7. The molecule has 0 bridgehead atoms. The number of hydrogen-bond acceptors (Lipinski definition) is 7. The summed E-state index contributed by atoms with van der Waals surface area (Å²) < 4.78 is 33.5. The van der Waals surface area contributed by atoms with Gasteiger partial charge < -0.3 is 20.1 Å². The second-order valence-electron chi connectivity index (χ2n) is 16.0. The fraction of sp³-hybridized carbons (Fsp3) is 0.935. The Balaban J connectivity index is 3.94. The van der Waals surface area contributed by atoms with Crippen molar-refractivity contribution in [1.82, 2.24) is 0 Å². The highest BCUT2D eigenvalue weighted by molar-refractivity contribution is 7.47. The minimum Gasteiger partial charge on any atom is -0.457 e. The highest BCUT2D eigenvalue weighted by Crippen LogP contribution is 2.43. The number of allylic oxidation sites excluding steroid dienone is 2. The number of rotatable bonds is 46. The Labute approximate surface area is 341 Å². The van der Waals surface area contributed by atoms with Crippen molar-refractivity contribution < 1.29 is 32.8 Å². The highest BCUT2D eigenvalue weighted by Gasteiger charge is 2.25. The Bertz CT molecular complexity index is 858. The van der Waals surface area contributed by atoms with Gasteiger partial charge in [0, 0.05) is 19.6 Å². The van der Waals surface area contributed by atoms with Crippen LogP contribution in [0.5, 0.6) is 0 Å². The first-order valence-corrected chi connectivity index (χ1v) is 25.2. The summed E-state index contributed by atoms with van der Waals surface area (Å²) in [6.07, 6.45) is 48.0. The van der Waals surface area contributed by atoms with Crippen LogP contribution in [0.2, 0.25) is 0 Å². The van der Waals surface area contributed by atoms with Crippen molar-refractivity contribution in [2.24, 2.45) is 5.73 Å². The number of carbonyl (C=O) groups excluding carboxylic acids is 1. The summed E-state index contributed by atoms with van der Waals surface area (Å²) in [4.78, 5) is 22.5. The van der Waals surface area contributed by atoms with Crippen LogP contribution in [0.4, 0.5) is 0 Å². The summed E-state index contributed by atoms with van der Waals surface area (Å²) in [7, 11) is -4.27. The molecule has 0 saturated carbocycles. The number of phosphoric acid groups is 1. The zero-order valence-electron chi connectivity index (χ0n) is 36.4. The Morgan fingerprint density at radius 2 is 0.909 bits per heavy atom. The number of nitrogens with two attached hydrogens (primary N) is 1. The molecule has 0 aliphatic carbocycles. The van der Waals surface area contributed by atoms with E-state index in [-0.39, 0.29) is 32.3 Å². The zero-order valence-corrected chi connectivity index (χ0v) is 37.3. The van der Waals surface area contributed by atoms with Crippen molar-refractivity contribution in [3.8, 4) is 0 Å². The lowest BCUT2D eigenvalue weighted by molar-refractivity contribution is -0.154. The summed E-state index contributed by atoms with van der Waals surface area (Å²) in [6, 6.07) is 0. The molecule has 0 aliphatic rings. The van der Waals surface area contributed by atoms with Gasteiger partial charge in [0.05, 0.1) is 19.8 Å².